The molecule has 1 nitrogen and oxygen atoms in total. The zero-order valence-corrected chi connectivity index (χ0v) is 18.3. The van der Waals surface area contributed by atoms with Crippen LogP contribution in [0.1, 0.15) is 116 Å². The Morgan fingerprint density at radius 3 is 1.93 bits per heavy atom. The normalized spacial score (nSPS) is 20.8. The van der Waals surface area contributed by atoms with Gasteiger partial charge in [-0.25, -0.2) is 0 Å². The highest BCUT2D eigenvalue weighted by molar-refractivity contribution is 5.15. The lowest BCUT2D eigenvalue weighted by molar-refractivity contribution is 0.0622. The summed E-state index contributed by atoms with van der Waals surface area (Å²) in [4.78, 5) is 2.88. The second-order valence-electron chi connectivity index (χ2n) is 8.80. The summed E-state index contributed by atoms with van der Waals surface area (Å²) in [6, 6.07) is 12.8. The number of nitrogens with zero attached hydrogens (tertiary/aromatic N) is 1. The van der Waals surface area contributed by atoms with Gasteiger partial charge in [-0.2, -0.15) is 0 Å². The van der Waals surface area contributed by atoms with Crippen LogP contribution in [0.25, 0.3) is 0 Å². The fourth-order valence-electron chi connectivity index (χ4n) is 4.92. The van der Waals surface area contributed by atoms with E-state index in [1.54, 1.807) is 0 Å². The van der Waals surface area contributed by atoms with E-state index in [0.29, 0.717) is 0 Å². The predicted molar refractivity (Wildman–Crippen MR) is 120 cm³/mol. The van der Waals surface area contributed by atoms with Crippen molar-refractivity contribution in [2.75, 3.05) is 0 Å². The maximum Gasteiger partial charge on any atom is 0.0239 e. The van der Waals surface area contributed by atoms with Gasteiger partial charge in [0.25, 0.3) is 0 Å². The van der Waals surface area contributed by atoms with Gasteiger partial charge in [-0.15, -0.1) is 0 Å². The molecule has 1 heteroatoms. The van der Waals surface area contributed by atoms with E-state index < -0.39 is 0 Å². The van der Waals surface area contributed by atoms with Crippen molar-refractivity contribution in [3.05, 3.63) is 35.9 Å². The van der Waals surface area contributed by atoms with Crippen LogP contribution in [0.3, 0.4) is 0 Å². The molecule has 0 amide bonds. The minimum Gasteiger partial charge on any atom is -0.293 e. The quantitative estimate of drug-likeness (QED) is 0.298. The van der Waals surface area contributed by atoms with E-state index in [-0.39, 0.29) is 0 Å². The van der Waals surface area contributed by atoms with Crippen LogP contribution < -0.4 is 0 Å². The summed E-state index contributed by atoms with van der Waals surface area (Å²) in [6.45, 7) is 5.82. The Morgan fingerprint density at radius 2 is 1.30 bits per heavy atom. The Morgan fingerprint density at radius 1 is 0.704 bits per heavy atom. The predicted octanol–water partition coefficient (Wildman–Crippen LogP) is 8.13. The average Bonchev–Trinajstić information content (AvgIpc) is 2.70. The first kappa shape index (κ1) is 22.5. The molecule has 2 atom stereocenters. The van der Waals surface area contributed by atoms with Crippen molar-refractivity contribution in [3.63, 3.8) is 0 Å². The van der Waals surface area contributed by atoms with E-state index >= 15 is 0 Å². The highest BCUT2D eigenvalue weighted by Crippen LogP contribution is 2.30. The van der Waals surface area contributed by atoms with Crippen LogP contribution in [0.4, 0.5) is 0 Å². The third-order valence-corrected chi connectivity index (χ3v) is 6.48. The largest absolute Gasteiger partial charge is 0.293 e. The summed E-state index contributed by atoms with van der Waals surface area (Å²) < 4.78 is 0. The van der Waals surface area contributed by atoms with Crippen molar-refractivity contribution >= 4 is 0 Å². The van der Waals surface area contributed by atoms with Crippen LogP contribution in [0.5, 0.6) is 0 Å². The maximum atomic E-state index is 2.88. The number of hydrogen-bond acceptors (Lipinski definition) is 1. The molecule has 0 radical (unpaired) electrons. The molecule has 0 aromatic heterocycles. The fraction of sp³-hybridized carbons (Fsp3) is 0.769. The van der Waals surface area contributed by atoms with Gasteiger partial charge in [0.05, 0.1) is 0 Å². The van der Waals surface area contributed by atoms with Gasteiger partial charge in [0, 0.05) is 18.6 Å². The van der Waals surface area contributed by atoms with Crippen LogP contribution >= 0.6 is 0 Å². The molecule has 2 rings (SSSR count). The van der Waals surface area contributed by atoms with E-state index in [0.717, 1.165) is 18.6 Å². The standard InChI is InChI=1S/C26H45N/c1-3-5-6-7-8-9-10-11-15-20-26-22-16-21-25(17-4-2)27(26)23-24-18-13-12-14-19-24/h12-14,18-19,25-26H,3-11,15-17,20-23H2,1-2H3/t25-,26+/m1/s1. The number of hydrogen-bond donors (Lipinski definition) is 0. The molecule has 1 aromatic rings. The lowest BCUT2D eigenvalue weighted by atomic mass is 9.89. The number of piperidine rings is 1. The summed E-state index contributed by atoms with van der Waals surface area (Å²) in [5.74, 6) is 0. The van der Waals surface area contributed by atoms with Crippen molar-refractivity contribution in [1.29, 1.82) is 0 Å². The molecular formula is C26H45N. The Hall–Kier alpha value is -0.820. The molecule has 0 N–H and O–H groups in total. The molecule has 0 aliphatic carbocycles. The van der Waals surface area contributed by atoms with Gasteiger partial charge >= 0.3 is 0 Å². The second-order valence-corrected chi connectivity index (χ2v) is 8.80. The molecule has 27 heavy (non-hydrogen) atoms. The van der Waals surface area contributed by atoms with Crippen molar-refractivity contribution < 1.29 is 0 Å². The number of unbranched alkanes of at least 4 members (excludes halogenated alkanes) is 8. The van der Waals surface area contributed by atoms with Crippen LogP contribution in [-0.2, 0) is 6.54 Å². The Balaban J connectivity index is 1.73. The number of likely N-dealkylation sites (tertiary alicyclic amines) is 1. The zero-order valence-electron chi connectivity index (χ0n) is 18.3. The molecule has 1 saturated heterocycles. The Bertz CT molecular complexity index is 453. The molecule has 1 heterocycles. The first-order valence-corrected chi connectivity index (χ1v) is 12.1. The molecule has 1 aliphatic heterocycles. The van der Waals surface area contributed by atoms with E-state index in [9.17, 15) is 0 Å². The van der Waals surface area contributed by atoms with E-state index in [4.69, 9.17) is 0 Å². The molecule has 0 bridgehead atoms. The third-order valence-electron chi connectivity index (χ3n) is 6.48. The lowest BCUT2D eigenvalue weighted by Gasteiger charge is -2.42. The SMILES string of the molecule is CCCCCCCCCCC[C@H]1CCC[C@@H](CCC)N1Cc1ccccc1. The Kier molecular flexibility index (Phi) is 11.8. The lowest BCUT2D eigenvalue weighted by Crippen LogP contribution is -2.46. The smallest absolute Gasteiger partial charge is 0.0239 e. The molecule has 0 unspecified atom stereocenters. The first-order chi connectivity index (χ1) is 13.3. The number of benzene rings is 1. The Labute approximate surface area is 169 Å². The van der Waals surface area contributed by atoms with Crippen molar-refractivity contribution in [1.82, 2.24) is 4.90 Å². The van der Waals surface area contributed by atoms with Gasteiger partial charge in [0.1, 0.15) is 0 Å². The molecule has 1 aliphatic rings. The summed E-state index contributed by atoms with van der Waals surface area (Å²) in [5.41, 5.74) is 1.50. The molecule has 0 spiro atoms. The number of rotatable bonds is 14. The van der Waals surface area contributed by atoms with Crippen LogP contribution in [0.15, 0.2) is 30.3 Å². The molecular weight excluding hydrogens is 326 g/mol. The highest BCUT2D eigenvalue weighted by Gasteiger charge is 2.29. The van der Waals surface area contributed by atoms with Crippen molar-refractivity contribution in [2.24, 2.45) is 0 Å². The fourth-order valence-corrected chi connectivity index (χ4v) is 4.92. The topological polar surface area (TPSA) is 3.24 Å². The minimum atomic E-state index is 0.813. The van der Waals surface area contributed by atoms with Gasteiger partial charge in [-0.1, -0.05) is 115 Å². The summed E-state index contributed by atoms with van der Waals surface area (Å²) >= 11 is 0. The summed E-state index contributed by atoms with van der Waals surface area (Å²) in [5, 5.41) is 0. The molecule has 1 aromatic carbocycles. The van der Waals surface area contributed by atoms with Crippen LogP contribution in [0.2, 0.25) is 0 Å². The van der Waals surface area contributed by atoms with Crippen molar-refractivity contribution in [2.45, 2.75) is 129 Å². The maximum absolute atomic E-state index is 2.88. The molecule has 1 fully saturated rings. The van der Waals surface area contributed by atoms with Gasteiger partial charge in [0.2, 0.25) is 0 Å². The van der Waals surface area contributed by atoms with E-state index in [2.05, 4.69) is 49.1 Å². The van der Waals surface area contributed by atoms with Gasteiger partial charge in [-0.05, 0) is 31.2 Å². The van der Waals surface area contributed by atoms with Gasteiger partial charge < -0.3 is 0 Å². The molecule has 154 valence electrons. The minimum absolute atomic E-state index is 0.813. The van der Waals surface area contributed by atoms with Crippen molar-refractivity contribution in [3.8, 4) is 0 Å². The summed E-state index contributed by atoms with van der Waals surface area (Å²) in [7, 11) is 0. The zero-order chi connectivity index (χ0) is 19.2. The van der Waals surface area contributed by atoms with Crippen LogP contribution in [0, 0.1) is 0 Å². The highest BCUT2D eigenvalue weighted by atomic mass is 15.2. The molecule has 0 saturated carbocycles. The third kappa shape index (κ3) is 8.81. The van der Waals surface area contributed by atoms with Crippen LogP contribution in [-0.4, -0.2) is 17.0 Å². The second kappa shape index (κ2) is 14.2. The van der Waals surface area contributed by atoms with Gasteiger partial charge in [0.15, 0.2) is 0 Å². The monoisotopic (exact) mass is 371 g/mol. The average molecular weight is 372 g/mol. The van der Waals surface area contributed by atoms with Gasteiger partial charge in [-0.3, -0.25) is 4.90 Å². The van der Waals surface area contributed by atoms with E-state index in [1.807, 2.05) is 0 Å². The van der Waals surface area contributed by atoms with E-state index in [1.165, 1.54) is 102 Å². The first-order valence-electron chi connectivity index (χ1n) is 12.1. The summed E-state index contributed by atoms with van der Waals surface area (Å²) in [6.07, 6.45) is 21.3.